The summed E-state index contributed by atoms with van der Waals surface area (Å²) in [5, 5.41) is 16.6. The highest BCUT2D eigenvalue weighted by Crippen LogP contribution is 2.25. The third-order valence-corrected chi connectivity index (χ3v) is 3.11. The number of nitrogens with zero attached hydrogens (tertiary/aromatic N) is 3. The average Bonchev–Trinajstić information content (AvgIpc) is 2.98. The van der Waals surface area contributed by atoms with Crippen LogP contribution in [0.2, 0.25) is 0 Å². The first-order valence-electron chi connectivity index (χ1n) is 5.90. The molecule has 3 heterocycles. The van der Waals surface area contributed by atoms with Crippen LogP contribution in [0.15, 0.2) is 23.0 Å². The monoisotopic (exact) mass is 246 g/mol. The first-order chi connectivity index (χ1) is 8.74. The largest absolute Gasteiger partial charge is 0.392 e. The van der Waals surface area contributed by atoms with E-state index < -0.39 is 0 Å². The van der Waals surface area contributed by atoms with Crippen molar-refractivity contribution in [3.63, 3.8) is 0 Å². The number of aliphatic hydroxyl groups is 1. The van der Waals surface area contributed by atoms with Gasteiger partial charge in [-0.25, -0.2) is 0 Å². The maximum absolute atomic E-state index is 9.47. The van der Waals surface area contributed by atoms with Crippen LogP contribution in [0.5, 0.6) is 0 Å². The van der Waals surface area contributed by atoms with Crippen LogP contribution in [0.1, 0.15) is 23.9 Å². The number of rotatable bonds is 2. The standard InChI is InChI=1S/C12H14N4O2/c1-7-5-13-3-2-9(7)11-15-12(18-16-11)10-4-8(17)6-14-10/h2-3,5,8,10,14,17H,4,6H2,1H3/t8-,10-/m1/s1. The molecule has 1 aliphatic rings. The number of pyridine rings is 1. The summed E-state index contributed by atoms with van der Waals surface area (Å²) in [6, 6.07) is 1.81. The second-order valence-electron chi connectivity index (χ2n) is 4.50. The molecule has 1 fully saturated rings. The minimum absolute atomic E-state index is 0.0524. The van der Waals surface area contributed by atoms with Crippen LogP contribution in [0.4, 0.5) is 0 Å². The Morgan fingerprint density at radius 1 is 1.50 bits per heavy atom. The van der Waals surface area contributed by atoms with Crippen molar-refractivity contribution >= 4 is 0 Å². The molecule has 0 bridgehead atoms. The van der Waals surface area contributed by atoms with Crippen LogP contribution >= 0.6 is 0 Å². The highest BCUT2D eigenvalue weighted by molar-refractivity contribution is 5.57. The summed E-state index contributed by atoms with van der Waals surface area (Å²) in [4.78, 5) is 8.41. The molecule has 2 aromatic rings. The molecule has 0 aliphatic carbocycles. The molecule has 1 aliphatic heterocycles. The van der Waals surface area contributed by atoms with E-state index in [1.807, 2.05) is 13.0 Å². The lowest BCUT2D eigenvalue weighted by molar-refractivity contribution is 0.191. The molecule has 94 valence electrons. The van der Waals surface area contributed by atoms with Crippen molar-refractivity contribution < 1.29 is 9.63 Å². The summed E-state index contributed by atoms with van der Waals surface area (Å²) in [6.07, 6.45) is 3.74. The summed E-state index contributed by atoms with van der Waals surface area (Å²) >= 11 is 0. The fraction of sp³-hybridized carbons (Fsp3) is 0.417. The highest BCUT2D eigenvalue weighted by Gasteiger charge is 2.28. The van der Waals surface area contributed by atoms with E-state index in [-0.39, 0.29) is 12.1 Å². The van der Waals surface area contributed by atoms with Crippen molar-refractivity contribution in [1.29, 1.82) is 0 Å². The second kappa shape index (κ2) is 4.47. The number of nitrogens with one attached hydrogen (secondary N) is 1. The van der Waals surface area contributed by atoms with Gasteiger partial charge < -0.3 is 14.9 Å². The fourth-order valence-electron chi connectivity index (χ4n) is 2.12. The molecule has 18 heavy (non-hydrogen) atoms. The van der Waals surface area contributed by atoms with E-state index in [0.29, 0.717) is 24.7 Å². The van der Waals surface area contributed by atoms with Crippen molar-refractivity contribution in [2.24, 2.45) is 0 Å². The smallest absolute Gasteiger partial charge is 0.244 e. The van der Waals surface area contributed by atoms with Gasteiger partial charge in [-0.1, -0.05) is 5.16 Å². The average molecular weight is 246 g/mol. The van der Waals surface area contributed by atoms with Crippen LogP contribution in [-0.2, 0) is 0 Å². The van der Waals surface area contributed by atoms with Crippen LogP contribution in [0, 0.1) is 6.92 Å². The van der Waals surface area contributed by atoms with E-state index >= 15 is 0 Å². The van der Waals surface area contributed by atoms with Gasteiger partial charge in [-0.2, -0.15) is 4.98 Å². The molecule has 2 atom stereocenters. The summed E-state index contributed by atoms with van der Waals surface area (Å²) in [6.45, 7) is 2.52. The number of aryl methyl sites for hydroxylation is 1. The van der Waals surface area contributed by atoms with Crippen molar-refractivity contribution in [2.75, 3.05) is 6.54 Å². The van der Waals surface area contributed by atoms with Crippen LogP contribution in [0.25, 0.3) is 11.4 Å². The molecule has 1 saturated heterocycles. The van der Waals surface area contributed by atoms with Gasteiger partial charge in [0.2, 0.25) is 11.7 Å². The van der Waals surface area contributed by atoms with Crippen molar-refractivity contribution in [3.8, 4) is 11.4 Å². The van der Waals surface area contributed by atoms with Crippen molar-refractivity contribution in [1.82, 2.24) is 20.4 Å². The molecular weight excluding hydrogens is 232 g/mol. The Kier molecular flexibility index (Phi) is 2.81. The first-order valence-corrected chi connectivity index (χ1v) is 5.90. The highest BCUT2D eigenvalue weighted by atomic mass is 16.5. The Balaban J connectivity index is 1.88. The molecule has 3 rings (SSSR count). The number of aromatic nitrogens is 3. The first kappa shape index (κ1) is 11.3. The number of hydrogen-bond donors (Lipinski definition) is 2. The van der Waals surface area contributed by atoms with Gasteiger partial charge in [-0.05, 0) is 25.0 Å². The van der Waals surface area contributed by atoms with Gasteiger partial charge in [0, 0.05) is 24.5 Å². The van der Waals surface area contributed by atoms with Gasteiger partial charge in [-0.3, -0.25) is 4.98 Å². The third-order valence-electron chi connectivity index (χ3n) is 3.11. The summed E-state index contributed by atoms with van der Waals surface area (Å²) in [7, 11) is 0. The topological polar surface area (TPSA) is 84.1 Å². The number of β-amino-alcohol motifs (C(OH)–C–C–N with tert-alkyl or cyclic N) is 1. The van der Waals surface area contributed by atoms with Gasteiger partial charge in [-0.15, -0.1) is 0 Å². The van der Waals surface area contributed by atoms with E-state index in [1.165, 1.54) is 0 Å². The molecular formula is C12H14N4O2. The maximum atomic E-state index is 9.47. The molecule has 6 heteroatoms. The van der Waals surface area contributed by atoms with Crippen LogP contribution in [0.3, 0.4) is 0 Å². The summed E-state index contributed by atoms with van der Waals surface area (Å²) < 4.78 is 5.25. The maximum Gasteiger partial charge on any atom is 0.244 e. The molecule has 0 radical (unpaired) electrons. The third kappa shape index (κ3) is 2.00. The van der Waals surface area contributed by atoms with Gasteiger partial charge in [0.15, 0.2) is 0 Å². The van der Waals surface area contributed by atoms with Crippen molar-refractivity contribution in [2.45, 2.75) is 25.5 Å². The molecule has 0 unspecified atom stereocenters. The molecule has 0 spiro atoms. The number of aliphatic hydroxyl groups excluding tert-OH is 1. The van der Waals surface area contributed by atoms with Gasteiger partial charge in [0.25, 0.3) is 0 Å². The summed E-state index contributed by atoms with van der Waals surface area (Å²) in [5.41, 5.74) is 1.92. The fourth-order valence-corrected chi connectivity index (χ4v) is 2.12. The van der Waals surface area contributed by atoms with E-state index in [0.717, 1.165) is 11.1 Å². The SMILES string of the molecule is Cc1cnccc1-c1noc([C@H]2C[C@@H](O)CN2)n1. The lowest BCUT2D eigenvalue weighted by Crippen LogP contribution is -2.15. The van der Waals surface area contributed by atoms with Gasteiger partial charge in [0.1, 0.15) is 0 Å². The quantitative estimate of drug-likeness (QED) is 0.816. The molecule has 0 saturated carbocycles. The lowest BCUT2D eigenvalue weighted by atomic mass is 10.1. The van der Waals surface area contributed by atoms with Gasteiger partial charge >= 0.3 is 0 Å². The molecule has 2 aromatic heterocycles. The number of hydrogen-bond acceptors (Lipinski definition) is 6. The Morgan fingerprint density at radius 3 is 3.11 bits per heavy atom. The normalized spacial score (nSPS) is 23.4. The second-order valence-corrected chi connectivity index (χ2v) is 4.50. The molecule has 0 amide bonds. The minimum atomic E-state index is -0.340. The van der Waals surface area contributed by atoms with Crippen LogP contribution in [-0.4, -0.2) is 32.9 Å². The van der Waals surface area contributed by atoms with Crippen molar-refractivity contribution in [3.05, 3.63) is 29.9 Å². The van der Waals surface area contributed by atoms with Gasteiger partial charge in [0.05, 0.1) is 12.1 Å². The predicted octanol–water partition coefficient (Wildman–Crippen LogP) is 0.835. The Labute approximate surface area is 104 Å². The Morgan fingerprint density at radius 2 is 2.39 bits per heavy atom. The zero-order chi connectivity index (χ0) is 12.5. The minimum Gasteiger partial charge on any atom is -0.392 e. The molecule has 6 nitrogen and oxygen atoms in total. The molecule has 0 aromatic carbocycles. The Hall–Kier alpha value is -1.79. The van der Waals surface area contributed by atoms with E-state index in [4.69, 9.17) is 4.52 Å². The molecule has 2 N–H and O–H groups in total. The van der Waals surface area contributed by atoms with E-state index in [9.17, 15) is 5.11 Å². The lowest BCUT2D eigenvalue weighted by Gasteiger charge is -2.01. The van der Waals surface area contributed by atoms with E-state index in [1.54, 1.807) is 12.4 Å². The predicted molar refractivity (Wildman–Crippen MR) is 63.6 cm³/mol. The Bertz CT molecular complexity index is 555. The zero-order valence-corrected chi connectivity index (χ0v) is 10.00. The zero-order valence-electron chi connectivity index (χ0n) is 10.00. The van der Waals surface area contributed by atoms with Crippen LogP contribution < -0.4 is 5.32 Å². The van der Waals surface area contributed by atoms with E-state index in [2.05, 4.69) is 20.4 Å². The summed E-state index contributed by atoms with van der Waals surface area (Å²) in [5.74, 6) is 1.09.